The van der Waals surface area contributed by atoms with Gasteiger partial charge in [0.25, 0.3) is 5.91 Å². The quantitative estimate of drug-likeness (QED) is 0.716. The van der Waals surface area contributed by atoms with Gasteiger partial charge in [-0.15, -0.1) is 0 Å². The Balaban J connectivity index is 1.56. The monoisotopic (exact) mass is 366 g/mol. The Hall–Kier alpha value is -2.99. The van der Waals surface area contributed by atoms with E-state index in [1.165, 1.54) is 10.5 Å². The Kier molecular flexibility index (Phi) is 5.66. The minimum Gasteiger partial charge on any atom is -0.350 e. The van der Waals surface area contributed by atoms with E-state index >= 15 is 0 Å². The van der Waals surface area contributed by atoms with E-state index in [-0.39, 0.29) is 24.8 Å². The molecule has 3 amide bonds. The van der Waals surface area contributed by atoms with Crippen LogP contribution in [0.2, 0.25) is 0 Å². The molecule has 2 aromatic rings. The lowest BCUT2D eigenvalue weighted by molar-refractivity contribution is -0.872. The van der Waals surface area contributed by atoms with Crippen molar-refractivity contribution in [2.75, 3.05) is 20.6 Å². The highest BCUT2D eigenvalue weighted by atomic mass is 16.2. The molecule has 6 heteroatoms. The molecule has 0 atom stereocenters. The molecule has 0 aromatic heterocycles. The van der Waals surface area contributed by atoms with E-state index in [1.54, 1.807) is 24.3 Å². The zero-order valence-electron chi connectivity index (χ0n) is 15.6. The molecule has 0 saturated heterocycles. The fraction of sp³-hybridized carbons (Fsp3) is 0.286. The Morgan fingerprint density at radius 3 is 2.41 bits per heavy atom. The third-order valence-electron chi connectivity index (χ3n) is 4.51. The number of amides is 3. The number of imide groups is 1. The first-order valence-electron chi connectivity index (χ1n) is 9.00. The average molecular weight is 366 g/mol. The van der Waals surface area contributed by atoms with E-state index in [0.29, 0.717) is 17.7 Å². The van der Waals surface area contributed by atoms with E-state index in [2.05, 4.69) is 19.4 Å². The molecular weight excluding hydrogens is 342 g/mol. The summed E-state index contributed by atoms with van der Waals surface area (Å²) in [4.78, 5) is 39.3. The van der Waals surface area contributed by atoms with Crippen LogP contribution < -0.4 is 10.2 Å². The summed E-state index contributed by atoms with van der Waals surface area (Å²) in [6, 6.07) is 15.1. The fourth-order valence-corrected chi connectivity index (χ4v) is 3.14. The van der Waals surface area contributed by atoms with Gasteiger partial charge in [0.2, 0.25) is 11.8 Å². The lowest BCUT2D eigenvalue weighted by Crippen LogP contribution is -3.04. The first-order valence-corrected chi connectivity index (χ1v) is 9.00. The molecule has 27 heavy (non-hydrogen) atoms. The number of rotatable bonds is 6. The van der Waals surface area contributed by atoms with E-state index in [0.717, 1.165) is 17.0 Å². The van der Waals surface area contributed by atoms with Gasteiger partial charge in [0, 0.05) is 17.7 Å². The molecule has 6 nitrogen and oxygen atoms in total. The Bertz CT molecular complexity index is 859. The largest absolute Gasteiger partial charge is 0.350 e. The zero-order valence-corrected chi connectivity index (χ0v) is 15.6. The maximum atomic E-state index is 12.5. The van der Waals surface area contributed by atoms with Gasteiger partial charge in [0.15, 0.2) is 0 Å². The number of carbonyl (C=O) groups excluding carboxylic acids is 3. The molecule has 1 aliphatic heterocycles. The first-order chi connectivity index (χ1) is 12.9. The summed E-state index contributed by atoms with van der Waals surface area (Å²) in [5.41, 5.74) is 3.41. The highest BCUT2D eigenvalue weighted by molar-refractivity contribution is 6.11. The topological polar surface area (TPSA) is 70.9 Å². The number of hydrogen-bond acceptors (Lipinski definition) is 3. The van der Waals surface area contributed by atoms with Crippen molar-refractivity contribution < 1.29 is 19.3 Å². The van der Waals surface area contributed by atoms with Crippen LogP contribution in [0.4, 0.5) is 0 Å². The van der Waals surface area contributed by atoms with Gasteiger partial charge < -0.3 is 10.2 Å². The maximum Gasteiger partial charge on any atom is 0.261 e. The van der Waals surface area contributed by atoms with Crippen molar-refractivity contribution in [3.63, 3.8) is 0 Å². The minimum atomic E-state index is -0.410. The van der Waals surface area contributed by atoms with Crippen LogP contribution in [0.5, 0.6) is 0 Å². The molecule has 0 saturated carbocycles. The van der Waals surface area contributed by atoms with Gasteiger partial charge in [-0.1, -0.05) is 42.5 Å². The number of benzene rings is 2. The highest BCUT2D eigenvalue weighted by Crippen LogP contribution is 2.19. The molecule has 140 valence electrons. The van der Waals surface area contributed by atoms with Crippen LogP contribution in [-0.2, 0) is 29.1 Å². The predicted octanol–water partition coefficient (Wildman–Crippen LogP) is 0.172. The Labute approximate surface area is 158 Å². The van der Waals surface area contributed by atoms with Crippen molar-refractivity contribution in [3.8, 4) is 0 Å². The van der Waals surface area contributed by atoms with Gasteiger partial charge >= 0.3 is 0 Å². The number of quaternary nitrogens is 1. The van der Waals surface area contributed by atoms with E-state index in [9.17, 15) is 14.4 Å². The molecule has 0 radical (unpaired) electrons. The van der Waals surface area contributed by atoms with Crippen molar-refractivity contribution in [3.05, 3.63) is 70.8 Å². The fourth-order valence-electron chi connectivity index (χ4n) is 3.14. The lowest BCUT2D eigenvalue weighted by atomic mass is 9.98. The summed E-state index contributed by atoms with van der Waals surface area (Å²) in [7, 11) is 4.19. The summed E-state index contributed by atoms with van der Waals surface area (Å²) < 4.78 is 0. The second-order valence-electron chi connectivity index (χ2n) is 7.10. The van der Waals surface area contributed by atoms with Crippen molar-refractivity contribution in [2.45, 2.75) is 19.5 Å². The predicted molar refractivity (Wildman–Crippen MR) is 101 cm³/mol. The zero-order chi connectivity index (χ0) is 19.4. The van der Waals surface area contributed by atoms with Gasteiger partial charge in [-0.05, 0) is 17.2 Å². The summed E-state index contributed by atoms with van der Waals surface area (Å²) >= 11 is 0. The standard InChI is InChI=1S/C21H23N3O3/c1-23(2)13-16-9-7-15(8-10-16)12-22-19(25)14-24-20(26)11-17-5-3-4-6-18(17)21(24)27/h3-10H,11-14H2,1-2H3,(H,22,25)/p+1. The van der Waals surface area contributed by atoms with Crippen LogP contribution in [-0.4, -0.2) is 43.3 Å². The smallest absolute Gasteiger partial charge is 0.261 e. The van der Waals surface area contributed by atoms with Crippen molar-refractivity contribution in [1.82, 2.24) is 10.2 Å². The summed E-state index contributed by atoms with van der Waals surface area (Å²) in [5, 5.41) is 2.78. The summed E-state index contributed by atoms with van der Waals surface area (Å²) in [6.45, 7) is 1.04. The van der Waals surface area contributed by atoms with E-state index in [1.807, 2.05) is 24.3 Å². The SMILES string of the molecule is C[NH+](C)Cc1ccc(CNC(=O)CN2C(=O)Cc3ccccc3C2=O)cc1. The van der Waals surface area contributed by atoms with Crippen LogP contribution in [0, 0.1) is 0 Å². The van der Waals surface area contributed by atoms with Gasteiger partial charge in [0.05, 0.1) is 20.5 Å². The lowest BCUT2D eigenvalue weighted by Gasteiger charge is -2.26. The normalized spacial score (nSPS) is 13.7. The molecule has 0 aliphatic carbocycles. The van der Waals surface area contributed by atoms with Crippen LogP contribution >= 0.6 is 0 Å². The number of hydrogen-bond donors (Lipinski definition) is 2. The van der Waals surface area contributed by atoms with Crippen LogP contribution in [0.25, 0.3) is 0 Å². The van der Waals surface area contributed by atoms with Crippen LogP contribution in [0.1, 0.15) is 27.0 Å². The number of fused-ring (bicyclic) bond motifs is 1. The number of nitrogens with zero attached hydrogens (tertiary/aromatic N) is 1. The minimum absolute atomic E-state index is 0.143. The van der Waals surface area contributed by atoms with Gasteiger partial charge in [-0.2, -0.15) is 0 Å². The van der Waals surface area contributed by atoms with Crippen LogP contribution in [0.3, 0.4) is 0 Å². The van der Waals surface area contributed by atoms with Crippen molar-refractivity contribution in [2.24, 2.45) is 0 Å². The van der Waals surface area contributed by atoms with Gasteiger partial charge in [-0.25, -0.2) is 0 Å². The number of carbonyl (C=O) groups is 3. The second-order valence-corrected chi connectivity index (χ2v) is 7.10. The molecule has 0 unspecified atom stereocenters. The number of nitrogens with one attached hydrogen (secondary N) is 2. The van der Waals surface area contributed by atoms with Gasteiger partial charge in [0.1, 0.15) is 13.1 Å². The molecular formula is C21H24N3O3+. The molecule has 0 fully saturated rings. The van der Waals surface area contributed by atoms with Crippen molar-refractivity contribution in [1.29, 1.82) is 0 Å². The highest BCUT2D eigenvalue weighted by Gasteiger charge is 2.31. The molecule has 0 bridgehead atoms. The van der Waals surface area contributed by atoms with E-state index in [4.69, 9.17) is 0 Å². The Morgan fingerprint density at radius 1 is 1.04 bits per heavy atom. The summed E-state index contributed by atoms with van der Waals surface area (Å²) in [6.07, 6.45) is 0.143. The first kappa shape index (κ1) is 18.8. The third kappa shape index (κ3) is 4.60. The molecule has 0 spiro atoms. The molecule has 3 rings (SSSR count). The molecule has 1 aliphatic rings. The maximum absolute atomic E-state index is 12.5. The second kappa shape index (κ2) is 8.14. The average Bonchev–Trinajstić information content (AvgIpc) is 2.64. The third-order valence-corrected chi connectivity index (χ3v) is 4.51. The van der Waals surface area contributed by atoms with Crippen LogP contribution in [0.15, 0.2) is 48.5 Å². The van der Waals surface area contributed by atoms with Gasteiger partial charge in [-0.3, -0.25) is 19.3 Å². The molecule has 2 N–H and O–H groups in total. The van der Waals surface area contributed by atoms with E-state index < -0.39 is 5.91 Å². The Morgan fingerprint density at radius 2 is 1.70 bits per heavy atom. The summed E-state index contributed by atoms with van der Waals surface area (Å²) in [5.74, 6) is -1.10. The molecule has 2 aromatic carbocycles. The van der Waals surface area contributed by atoms with Crippen molar-refractivity contribution >= 4 is 17.7 Å². The molecule has 1 heterocycles.